The minimum Gasteiger partial charge on any atom is -0.549 e. The standard InChI is InChI=1S/C20H30O4.2Li/c1-2-3-4-5-6-7-8-9-13-16-20(18(21)22,19(23)24)17-14-11-10-12-15-17;;/h10-12,14-15H,2-9,13,16H2,1H3,(H,21,22)(H,23,24);;/q;2*+1/p-2. The third-order valence-electron chi connectivity index (χ3n) is 4.62. The van der Waals surface area contributed by atoms with E-state index in [1.54, 1.807) is 18.2 Å². The van der Waals surface area contributed by atoms with Crippen LogP contribution in [0.1, 0.15) is 76.7 Å². The molecule has 0 saturated carbocycles. The fraction of sp³-hybridized carbons (Fsp3) is 0.600. The minimum atomic E-state index is -2.05. The summed E-state index contributed by atoms with van der Waals surface area (Å²) in [5.41, 5.74) is -1.83. The number of hydrogen-bond acceptors (Lipinski definition) is 4. The van der Waals surface area contributed by atoms with Crippen molar-refractivity contribution >= 4 is 11.9 Å². The number of unbranched alkanes of at least 4 members (excludes halogenated alkanes) is 8. The zero-order valence-electron chi connectivity index (χ0n) is 16.6. The molecule has 0 saturated heterocycles. The van der Waals surface area contributed by atoms with Crippen LogP contribution in [0, 0.1) is 0 Å². The molecule has 0 bridgehead atoms. The van der Waals surface area contributed by atoms with Crippen molar-refractivity contribution in [1.82, 2.24) is 0 Å². The van der Waals surface area contributed by atoms with Gasteiger partial charge in [0.2, 0.25) is 0 Å². The molecule has 0 aromatic heterocycles. The summed E-state index contributed by atoms with van der Waals surface area (Å²) in [6.07, 6.45) is 9.67. The summed E-state index contributed by atoms with van der Waals surface area (Å²) < 4.78 is 0. The Hall–Kier alpha value is -0.645. The van der Waals surface area contributed by atoms with Gasteiger partial charge in [-0.25, -0.2) is 0 Å². The van der Waals surface area contributed by atoms with E-state index in [0.717, 1.165) is 19.3 Å². The topological polar surface area (TPSA) is 80.3 Å². The second-order valence-electron chi connectivity index (χ2n) is 6.42. The summed E-state index contributed by atoms with van der Waals surface area (Å²) >= 11 is 0. The summed E-state index contributed by atoms with van der Waals surface area (Å²) in [4.78, 5) is 23.2. The molecule has 1 aromatic rings. The number of carbonyl (C=O) groups is 2. The third-order valence-corrected chi connectivity index (χ3v) is 4.62. The Balaban J connectivity index is 0. The Morgan fingerprint density at radius 1 is 0.769 bits per heavy atom. The van der Waals surface area contributed by atoms with Crippen LogP contribution in [0.15, 0.2) is 30.3 Å². The van der Waals surface area contributed by atoms with E-state index in [-0.39, 0.29) is 49.7 Å². The molecule has 0 N–H and O–H groups in total. The third kappa shape index (κ3) is 8.36. The van der Waals surface area contributed by atoms with Gasteiger partial charge in [0, 0.05) is 0 Å². The number of carboxylic acid groups (broad SMARTS) is 2. The van der Waals surface area contributed by atoms with Crippen LogP contribution in [-0.4, -0.2) is 11.9 Å². The van der Waals surface area contributed by atoms with E-state index in [9.17, 15) is 19.8 Å². The second-order valence-corrected chi connectivity index (χ2v) is 6.42. The summed E-state index contributed by atoms with van der Waals surface area (Å²) in [5, 5.41) is 23.2. The van der Waals surface area contributed by atoms with Crippen molar-refractivity contribution in [1.29, 1.82) is 0 Å². The molecule has 0 heterocycles. The summed E-state index contributed by atoms with van der Waals surface area (Å²) in [7, 11) is 0. The van der Waals surface area contributed by atoms with Crippen LogP contribution in [0.2, 0.25) is 0 Å². The van der Waals surface area contributed by atoms with Crippen molar-refractivity contribution in [2.45, 2.75) is 76.5 Å². The number of aliphatic carboxylic acids is 2. The van der Waals surface area contributed by atoms with Gasteiger partial charge in [0.25, 0.3) is 0 Å². The second kappa shape index (κ2) is 15.4. The molecule has 0 aliphatic carbocycles. The molecule has 0 spiro atoms. The van der Waals surface area contributed by atoms with Gasteiger partial charge in [-0.15, -0.1) is 0 Å². The molecule has 0 atom stereocenters. The van der Waals surface area contributed by atoms with Gasteiger partial charge < -0.3 is 19.8 Å². The monoisotopic (exact) mass is 346 g/mol. The number of benzene rings is 1. The molecular weight excluding hydrogens is 318 g/mol. The predicted molar refractivity (Wildman–Crippen MR) is 90.0 cm³/mol. The normalized spacial score (nSPS) is 10.5. The van der Waals surface area contributed by atoms with E-state index >= 15 is 0 Å². The number of carboxylic acids is 2. The van der Waals surface area contributed by atoms with Gasteiger partial charge in [0.15, 0.2) is 0 Å². The fourth-order valence-electron chi connectivity index (χ4n) is 3.09. The van der Waals surface area contributed by atoms with Gasteiger partial charge in [-0.1, -0.05) is 95.0 Å². The summed E-state index contributed by atoms with van der Waals surface area (Å²) in [6, 6.07) is 8.01. The van der Waals surface area contributed by atoms with Gasteiger partial charge >= 0.3 is 37.7 Å². The van der Waals surface area contributed by atoms with Gasteiger partial charge in [0.05, 0.1) is 17.4 Å². The average molecular weight is 346 g/mol. The summed E-state index contributed by atoms with van der Waals surface area (Å²) in [6.45, 7) is 2.19. The average Bonchev–Trinajstić information content (AvgIpc) is 2.57. The van der Waals surface area contributed by atoms with Crippen LogP contribution in [-0.2, 0) is 15.0 Å². The van der Waals surface area contributed by atoms with E-state index in [0.29, 0.717) is 6.42 Å². The first-order valence-corrected chi connectivity index (χ1v) is 9.04. The van der Waals surface area contributed by atoms with Crippen molar-refractivity contribution in [3.8, 4) is 0 Å². The molecule has 0 radical (unpaired) electrons. The van der Waals surface area contributed by atoms with Crippen LogP contribution in [0.5, 0.6) is 0 Å². The number of rotatable bonds is 13. The Labute approximate surface area is 181 Å². The van der Waals surface area contributed by atoms with Crippen LogP contribution in [0.25, 0.3) is 0 Å². The molecular formula is C20H28Li2O4. The molecule has 1 aromatic carbocycles. The van der Waals surface area contributed by atoms with E-state index in [2.05, 4.69) is 6.92 Å². The SMILES string of the molecule is CCCCCCCCCCCC(C(=O)[O-])(C(=O)[O-])c1ccccc1.[Li+].[Li+]. The van der Waals surface area contributed by atoms with Crippen molar-refractivity contribution in [3.05, 3.63) is 35.9 Å². The minimum absolute atomic E-state index is 0. The quantitative estimate of drug-likeness (QED) is 0.210. The number of hydrogen-bond donors (Lipinski definition) is 0. The first-order valence-electron chi connectivity index (χ1n) is 9.04. The van der Waals surface area contributed by atoms with E-state index in [4.69, 9.17) is 0 Å². The van der Waals surface area contributed by atoms with Gasteiger partial charge in [-0.3, -0.25) is 0 Å². The Bertz CT molecular complexity index is 492. The molecule has 6 heteroatoms. The zero-order valence-corrected chi connectivity index (χ0v) is 16.6. The van der Waals surface area contributed by atoms with Crippen LogP contribution >= 0.6 is 0 Å². The molecule has 134 valence electrons. The molecule has 4 nitrogen and oxygen atoms in total. The number of carbonyl (C=O) groups excluding carboxylic acids is 2. The van der Waals surface area contributed by atoms with Crippen molar-refractivity contribution in [3.63, 3.8) is 0 Å². The van der Waals surface area contributed by atoms with E-state index < -0.39 is 17.4 Å². The first kappa shape index (κ1) is 27.6. The van der Waals surface area contributed by atoms with Gasteiger partial charge in [0.1, 0.15) is 0 Å². The molecule has 0 amide bonds. The zero-order chi connectivity index (χ0) is 17.8. The van der Waals surface area contributed by atoms with Crippen LogP contribution < -0.4 is 47.9 Å². The fourth-order valence-corrected chi connectivity index (χ4v) is 3.09. The van der Waals surface area contributed by atoms with E-state index in [1.807, 2.05) is 0 Å². The van der Waals surface area contributed by atoms with Crippen LogP contribution in [0.3, 0.4) is 0 Å². The van der Waals surface area contributed by atoms with E-state index in [1.165, 1.54) is 44.2 Å². The van der Waals surface area contributed by atoms with Crippen molar-refractivity contribution < 1.29 is 57.5 Å². The smallest absolute Gasteiger partial charge is 0.549 e. The Morgan fingerprint density at radius 2 is 1.19 bits per heavy atom. The first-order chi connectivity index (χ1) is 11.6. The van der Waals surface area contributed by atoms with Crippen LogP contribution in [0.4, 0.5) is 0 Å². The maximum absolute atomic E-state index is 11.6. The largest absolute Gasteiger partial charge is 1.00 e. The molecule has 0 unspecified atom stereocenters. The maximum atomic E-state index is 11.6. The van der Waals surface area contributed by atoms with Gasteiger partial charge in [-0.2, -0.15) is 0 Å². The van der Waals surface area contributed by atoms with Crippen molar-refractivity contribution in [2.75, 3.05) is 0 Å². The Kier molecular flexibility index (Phi) is 16.3. The molecule has 0 fully saturated rings. The summed E-state index contributed by atoms with van der Waals surface area (Å²) in [5.74, 6) is -3.18. The predicted octanol–water partition coefficient (Wildman–Crippen LogP) is -3.65. The molecule has 1 rings (SSSR count). The molecule has 0 aliphatic rings. The van der Waals surface area contributed by atoms with Crippen molar-refractivity contribution in [2.24, 2.45) is 0 Å². The molecule has 0 aliphatic heterocycles. The Morgan fingerprint density at radius 3 is 1.62 bits per heavy atom. The van der Waals surface area contributed by atoms with Gasteiger partial charge in [-0.05, 0) is 12.0 Å². The maximum Gasteiger partial charge on any atom is 1.00 e. The molecule has 26 heavy (non-hydrogen) atoms.